The zero-order valence-corrected chi connectivity index (χ0v) is 18.3. The standard InChI is InChI=1S/C19H29N5O3.2ClH/c1-22(14-18(25)26)17-5-3-2-4-16(17)21-19(27)24-12-10-23(11-13-24)15-6-8-20-9-7-15;;/h2-5,15,20H,6-14H2,1H3,(H,21,27)(H,25,26);2*1H. The Morgan fingerprint density at radius 1 is 1.14 bits per heavy atom. The molecule has 10 heteroatoms. The number of para-hydroxylation sites is 2. The molecule has 0 radical (unpaired) electrons. The lowest BCUT2D eigenvalue weighted by atomic mass is 10.0. The number of amides is 2. The lowest BCUT2D eigenvalue weighted by molar-refractivity contribution is -0.135. The maximum Gasteiger partial charge on any atom is 0.323 e. The highest BCUT2D eigenvalue weighted by Gasteiger charge is 2.27. The first-order valence-electron chi connectivity index (χ1n) is 9.57. The van der Waals surface area contributed by atoms with Crippen LogP contribution in [0.4, 0.5) is 16.2 Å². The van der Waals surface area contributed by atoms with Gasteiger partial charge in [0.15, 0.2) is 0 Å². The number of likely N-dealkylation sites (N-methyl/N-ethyl adjacent to an activating group) is 1. The number of carbonyl (C=O) groups excluding carboxylic acids is 1. The van der Waals surface area contributed by atoms with E-state index >= 15 is 0 Å². The normalized spacial score (nSPS) is 17.6. The molecule has 29 heavy (non-hydrogen) atoms. The number of urea groups is 1. The molecule has 0 bridgehead atoms. The first-order valence-corrected chi connectivity index (χ1v) is 9.57. The molecule has 1 aromatic carbocycles. The number of aliphatic carboxylic acids is 1. The molecule has 2 aliphatic rings. The lowest BCUT2D eigenvalue weighted by Gasteiger charge is -2.40. The van der Waals surface area contributed by atoms with Crippen molar-refractivity contribution in [3.8, 4) is 0 Å². The highest BCUT2D eigenvalue weighted by atomic mass is 35.5. The van der Waals surface area contributed by atoms with Crippen LogP contribution in [-0.4, -0.2) is 85.8 Å². The summed E-state index contributed by atoms with van der Waals surface area (Å²) in [6.07, 6.45) is 2.35. The summed E-state index contributed by atoms with van der Waals surface area (Å²) in [5.41, 5.74) is 1.33. The van der Waals surface area contributed by atoms with E-state index in [0.29, 0.717) is 30.5 Å². The van der Waals surface area contributed by atoms with Gasteiger partial charge < -0.3 is 25.5 Å². The van der Waals surface area contributed by atoms with E-state index in [9.17, 15) is 9.59 Å². The van der Waals surface area contributed by atoms with E-state index in [1.54, 1.807) is 18.0 Å². The number of hydrogen-bond donors (Lipinski definition) is 3. The third-order valence-electron chi connectivity index (χ3n) is 5.36. The van der Waals surface area contributed by atoms with Crippen LogP contribution in [0.5, 0.6) is 0 Å². The number of halogens is 2. The summed E-state index contributed by atoms with van der Waals surface area (Å²) < 4.78 is 0. The predicted octanol–water partition coefficient (Wildman–Crippen LogP) is 1.95. The van der Waals surface area contributed by atoms with Gasteiger partial charge in [-0.3, -0.25) is 9.69 Å². The van der Waals surface area contributed by atoms with Crippen molar-refractivity contribution in [3.63, 3.8) is 0 Å². The summed E-state index contributed by atoms with van der Waals surface area (Å²) in [5.74, 6) is -0.910. The third kappa shape index (κ3) is 6.92. The number of hydrogen-bond acceptors (Lipinski definition) is 5. The summed E-state index contributed by atoms with van der Waals surface area (Å²) in [4.78, 5) is 29.6. The van der Waals surface area contributed by atoms with Crippen LogP contribution in [0.1, 0.15) is 12.8 Å². The summed E-state index contributed by atoms with van der Waals surface area (Å²) in [6.45, 7) is 5.25. The van der Waals surface area contributed by atoms with Crippen molar-refractivity contribution in [1.82, 2.24) is 15.1 Å². The zero-order chi connectivity index (χ0) is 19.2. The molecule has 2 amide bonds. The van der Waals surface area contributed by atoms with E-state index in [-0.39, 0.29) is 37.4 Å². The largest absolute Gasteiger partial charge is 0.480 e. The molecule has 0 spiro atoms. The highest BCUT2D eigenvalue weighted by molar-refractivity contribution is 5.93. The van der Waals surface area contributed by atoms with E-state index in [1.165, 1.54) is 12.8 Å². The summed E-state index contributed by atoms with van der Waals surface area (Å²) in [5, 5.41) is 15.4. The molecule has 0 atom stereocenters. The van der Waals surface area contributed by atoms with Gasteiger partial charge in [-0.25, -0.2) is 4.79 Å². The van der Waals surface area contributed by atoms with E-state index in [1.807, 2.05) is 23.1 Å². The van der Waals surface area contributed by atoms with Crippen LogP contribution in [0.15, 0.2) is 24.3 Å². The molecule has 2 saturated heterocycles. The van der Waals surface area contributed by atoms with Gasteiger partial charge in [-0.1, -0.05) is 12.1 Å². The maximum absolute atomic E-state index is 12.7. The summed E-state index contributed by atoms with van der Waals surface area (Å²) in [7, 11) is 1.71. The van der Waals surface area contributed by atoms with Gasteiger partial charge in [-0.2, -0.15) is 0 Å². The predicted molar refractivity (Wildman–Crippen MR) is 120 cm³/mol. The minimum atomic E-state index is -0.910. The van der Waals surface area contributed by atoms with Gasteiger partial charge in [-0.05, 0) is 38.1 Å². The Bertz CT molecular complexity index is 665. The fourth-order valence-corrected chi connectivity index (χ4v) is 3.86. The molecule has 2 fully saturated rings. The first-order chi connectivity index (χ1) is 13.0. The summed E-state index contributed by atoms with van der Waals surface area (Å²) in [6, 6.07) is 7.78. The van der Waals surface area contributed by atoms with Crippen molar-refractivity contribution in [2.75, 3.05) is 63.1 Å². The lowest BCUT2D eigenvalue weighted by Crippen LogP contribution is -2.54. The van der Waals surface area contributed by atoms with E-state index in [4.69, 9.17) is 5.11 Å². The molecule has 0 saturated carbocycles. The van der Waals surface area contributed by atoms with Crippen molar-refractivity contribution in [2.45, 2.75) is 18.9 Å². The molecule has 164 valence electrons. The Kier molecular flexibility index (Phi) is 10.5. The number of nitrogens with one attached hydrogen (secondary N) is 2. The van der Waals surface area contributed by atoms with Gasteiger partial charge >= 0.3 is 12.0 Å². The molecule has 2 aliphatic heterocycles. The SMILES string of the molecule is CN(CC(=O)O)c1ccccc1NC(=O)N1CCN(C2CCNCC2)CC1.Cl.Cl. The Hall–Kier alpha value is -1.74. The number of carbonyl (C=O) groups is 2. The third-order valence-corrected chi connectivity index (χ3v) is 5.36. The topological polar surface area (TPSA) is 88.2 Å². The van der Waals surface area contributed by atoms with E-state index in [0.717, 1.165) is 26.2 Å². The van der Waals surface area contributed by atoms with Crippen LogP contribution in [0.25, 0.3) is 0 Å². The average Bonchev–Trinajstić information content (AvgIpc) is 2.68. The second-order valence-corrected chi connectivity index (χ2v) is 7.20. The summed E-state index contributed by atoms with van der Waals surface area (Å²) >= 11 is 0. The molecule has 1 aromatic rings. The fraction of sp³-hybridized carbons (Fsp3) is 0.579. The fourth-order valence-electron chi connectivity index (χ4n) is 3.86. The van der Waals surface area contributed by atoms with Crippen molar-refractivity contribution in [1.29, 1.82) is 0 Å². The number of nitrogens with zero attached hydrogens (tertiary/aromatic N) is 3. The molecular weight excluding hydrogens is 417 g/mol. The molecule has 3 N–H and O–H groups in total. The van der Waals surface area contributed by atoms with Crippen LogP contribution in [0, 0.1) is 0 Å². The Labute approximate surface area is 184 Å². The second-order valence-electron chi connectivity index (χ2n) is 7.20. The molecule has 8 nitrogen and oxygen atoms in total. The number of benzene rings is 1. The van der Waals surface area contributed by atoms with Crippen LogP contribution >= 0.6 is 24.8 Å². The molecule has 0 aliphatic carbocycles. The molecule has 2 heterocycles. The van der Waals surface area contributed by atoms with Crippen LogP contribution < -0.4 is 15.5 Å². The van der Waals surface area contributed by atoms with E-state index in [2.05, 4.69) is 15.5 Å². The van der Waals surface area contributed by atoms with Crippen LogP contribution in [-0.2, 0) is 4.79 Å². The van der Waals surface area contributed by atoms with Gasteiger partial charge in [-0.15, -0.1) is 24.8 Å². The monoisotopic (exact) mass is 447 g/mol. The minimum Gasteiger partial charge on any atom is -0.480 e. The highest BCUT2D eigenvalue weighted by Crippen LogP contribution is 2.25. The molecule has 3 rings (SSSR count). The first kappa shape index (κ1) is 25.3. The van der Waals surface area contributed by atoms with Crippen molar-refractivity contribution in [3.05, 3.63) is 24.3 Å². The van der Waals surface area contributed by atoms with Gasteiger partial charge in [0, 0.05) is 39.3 Å². The second kappa shape index (κ2) is 12.1. The Morgan fingerprint density at radius 3 is 2.38 bits per heavy atom. The van der Waals surface area contributed by atoms with Gasteiger partial charge in [0.2, 0.25) is 0 Å². The zero-order valence-electron chi connectivity index (χ0n) is 16.7. The molecular formula is C19H31Cl2N5O3. The van der Waals surface area contributed by atoms with Crippen LogP contribution in [0.3, 0.4) is 0 Å². The number of rotatable bonds is 5. The van der Waals surface area contributed by atoms with Crippen molar-refractivity contribution < 1.29 is 14.7 Å². The molecule has 0 unspecified atom stereocenters. The van der Waals surface area contributed by atoms with Gasteiger partial charge in [0.1, 0.15) is 6.54 Å². The number of piperidine rings is 1. The van der Waals surface area contributed by atoms with Gasteiger partial charge in [0.25, 0.3) is 0 Å². The van der Waals surface area contributed by atoms with E-state index < -0.39 is 5.97 Å². The van der Waals surface area contributed by atoms with Crippen LogP contribution in [0.2, 0.25) is 0 Å². The quantitative estimate of drug-likeness (QED) is 0.639. The minimum absolute atomic E-state index is 0. The number of carboxylic acid groups (broad SMARTS) is 1. The number of piperazine rings is 1. The maximum atomic E-state index is 12.7. The Morgan fingerprint density at radius 2 is 1.76 bits per heavy atom. The molecule has 0 aromatic heterocycles. The van der Waals surface area contributed by atoms with Crippen molar-refractivity contribution >= 4 is 48.2 Å². The number of anilines is 2. The number of carboxylic acids is 1. The van der Waals surface area contributed by atoms with Crippen molar-refractivity contribution in [2.24, 2.45) is 0 Å². The average molecular weight is 448 g/mol. The Balaban J connectivity index is 0.00000210. The smallest absolute Gasteiger partial charge is 0.323 e. The van der Waals surface area contributed by atoms with Gasteiger partial charge in [0.05, 0.1) is 11.4 Å².